The summed E-state index contributed by atoms with van der Waals surface area (Å²) in [5.41, 5.74) is 11.6. The summed E-state index contributed by atoms with van der Waals surface area (Å²) in [4.78, 5) is 11.3. The number of rotatable bonds is 3. The number of nitrogens with one attached hydrogen (secondary N) is 1. The number of nitrogens with zero attached hydrogens (tertiary/aromatic N) is 3. The van der Waals surface area contributed by atoms with Gasteiger partial charge in [-0.3, -0.25) is 10.2 Å². The van der Waals surface area contributed by atoms with Gasteiger partial charge in [-0.1, -0.05) is 35.4 Å². The van der Waals surface area contributed by atoms with Crippen molar-refractivity contribution >= 4 is 23.1 Å². The van der Waals surface area contributed by atoms with Crippen LogP contribution in [0.15, 0.2) is 63.9 Å². The molecule has 0 saturated heterocycles. The number of hydrogen-bond donors (Lipinski definition) is 2. The fourth-order valence-corrected chi connectivity index (χ4v) is 1.59. The molecule has 1 amide bonds. The molecule has 2 aromatic rings. The second-order valence-electron chi connectivity index (χ2n) is 4.81. The first-order valence-corrected chi connectivity index (χ1v) is 6.73. The molecule has 0 fully saturated rings. The number of primary amides is 1. The minimum atomic E-state index is -0.754. The summed E-state index contributed by atoms with van der Waals surface area (Å²) in [5.74, 6) is -0.948. The van der Waals surface area contributed by atoms with Gasteiger partial charge in [-0.05, 0) is 38.1 Å². The van der Waals surface area contributed by atoms with Crippen LogP contribution in [0.3, 0.4) is 0 Å². The molecule has 0 aliphatic rings. The second kappa shape index (κ2) is 7.12. The van der Waals surface area contributed by atoms with E-state index in [9.17, 15) is 4.79 Å². The van der Waals surface area contributed by atoms with E-state index in [1.807, 2.05) is 50.2 Å². The Morgan fingerprint density at radius 1 is 0.955 bits per heavy atom. The maximum Gasteiger partial charge on any atom is 0.290 e. The molecule has 0 radical (unpaired) electrons. The molecule has 2 rings (SSSR count). The monoisotopic (exact) mass is 295 g/mol. The van der Waals surface area contributed by atoms with Crippen molar-refractivity contribution in [3.05, 3.63) is 59.7 Å². The van der Waals surface area contributed by atoms with Gasteiger partial charge in [0.15, 0.2) is 0 Å². The highest BCUT2D eigenvalue weighted by Gasteiger charge is 2.05. The van der Waals surface area contributed by atoms with Crippen LogP contribution in [-0.4, -0.2) is 11.7 Å². The summed E-state index contributed by atoms with van der Waals surface area (Å²) >= 11 is 0. The lowest BCUT2D eigenvalue weighted by atomic mass is 10.2. The molecule has 6 heteroatoms. The first kappa shape index (κ1) is 15.4. The third-order valence-electron chi connectivity index (χ3n) is 2.86. The van der Waals surface area contributed by atoms with Gasteiger partial charge in [0.1, 0.15) is 0 Å². The summed E-state index contributed by atoms with van der Waals surface area (Å²) in [6.07, 6.45) is 0. The van der Waals surface area contributed by atoms with Gasteiger partial charge in [-0.15, -0.1) is 15.3 Å². The number of amidine groups is 1. The zero-order valence-corrected chi connectivity index (χ0v) is 12.4. The number of carbonyl (C=O) groups is 1. The summed E-state index contributed by atoms with van der Waals surface area (Å²) in [6.45, 7) is 3.96. The van der Waals surface area contributed by atoms with Crippen molar-refractivity contribution in [3.63, 3.8) is 0 Å². The van der Waals surface area contributed by atoms with Gasteiger partial charge in [0.25, 0.3) is 11.7 Å². The molecule has 0 saturated carbocycles. The number of benzene rings is 2. The molecular weight excluding hydrogens is 278 g/mol. The molecule has 2 aromatic carbocycles. The number of anilines is 1. The number of hydrazone groups is 1. The third-order valence-corrected chi connectivity index (χ3v) is 2.86. The first-order valence-electron chi connectivity index (χ1n) is 6.73. The zero-order chi connectivity index (χ0) is 15.9. The van der Waals surface area contributed by atoms with Crippen molar-refractivity contribution in [2.24, 2.45) is 21.1 Å². The second-order valence-corrected chi connectivity index (χ2v) is 4.81. The van der Waals surface area contributed by atoms with E-state index in [0.717, 1.165) is 16.8 Å². The fourth-order valence-electron chi connectivity index (χ4n) is 1.59. The molecule has 0 atom stereocenters. The van der Waals surface area contributed by atoms with Gasteiger partial charge < -0.3 is 5.73 Å². The SMILES string of the molecule is Cc1ccc(N=N/C(=N/Nc2ccc(C)cc2)C(N)=O)cc1. The number of carbonyl (C=O) groups excluding carboxylic acids is 1. The van der Waals surface area contributed by atoms with Crippen LogP contribution in [-0.2, 0) is 4.79 Å². The summed E-state index contributed by atoms with van der Waals surface area (Å²) in [6, 6.07) is 14.9. The topological polar surface area (TPSA) is 92.2 Å². The highest BCUT2D eigenvalue weighted by molar-refractivity contribution is 6.37. The Morgan fingerprint density at radius 3 is 2.05 bits per heavy atom. The van der Waals surface area contributed by atoms with Crippen molar-refractivity contribution < 1.29 is 4.79 Å². The van der Waals surface area contributed by atoms with Crippen molar-refractivity contribution in [2.45, 2.75) is 13.8 Å². The molecule has 22 heavy (non-hydrogen) atoms. The van der Waals surface area contributed by atoms with Crippen molar-refractivity contribution in [1.82, 2.24) is 0 Å². The molecule has 3 N–H and O–H groups in total. The van der Waals surface area contributed by atoms with E-state index in [2.05, 4.69) is 20.8 Å². The Bertz CT molecular complexity index is 702. The number of amides is 1. The Labute approximate surface area is 128 Å². The van der Waals surface area contributed by atoms with Crippen LogP contribution in [0.5, 0.6) is 0 Å². The van der Waals surface area contributed by atoms with E-state index in [1.54, 1.807) is 12.1 Å². The lowest BCUT2D eigenvalue weighted by Gasteiger charge is -2.01. The fraction of sp³-hybridized carbons (Fsp3) is 0.125. The minimum absolute atomic E-state index is 0.193. The average molecular weight is 295 g/mol. The molecule has 0 bridgehead atoms. The molecule has 0 unspecified atom stereocenters. The van der Waals surface area contributed by atoms with Crippen LogP contribution in [0, 0.1) is 13.8 Å². The van der Waals surface area contributed by atoms with E-state index in [-0.39, 0.29) is 5.84 Å². The summed E-state index contributed by atoms with van der Waals surface area (Å²) in [7, 11) is 0. The highest BCUT2D eigenvalue weighted by atomic mass is 16.1. The normalized spacial score (nSPS) is 11.6. The maximum atomic E-state index is 11.3. The van der Waals surface area contributed by atoms with Crippen molar-refractivity contribution in [1.29, 1.82) is 0 Å². The first-order chi connectivity index (χ1) is 10.5. The predicted octanol–water partition coefficient (Wildman–Crippen LogP) is 3.30. The number of aryl methyl sites for hydroxylation is 2. The number of azo groups is 1. The Balaban J connectivity index is 2.12. The number of hydrogen-bond acceptors (Lipinski definition) is 4. The Hall–Kier alpha value is -3.02. The molecule has 0 heterocycles. The van der Waals surface area contributed by atoms with Crippen LogP contribution >= 0.6 is 0 Å². The van der Waals surface area contributed by atoms with Crippen LogP contribution in [0.1, 0.15) is 11.1 Å². The number of nitrogens with two attached hydrogens (primary N) is 1. The van der Waals surface area contributed by atoms with Gasteiger partial charge in [-0.25, -0.2) is 0 Å². The highest BCUT2D eigenvalue weighted by Crippen LogP contribution is 2.13. The molecule has 112 valence electrons. The van der Waals surface area contributed by atoms with E-state index < -0.39 is 5.91 Å². The molecule has 0 spiro atoms. The van der Waals surface area contributed by atoms with Crippen LogP contribution < -0.4 is 11.2 Å². The van der Waals surface area contributed by atoms with E-state index in [0.29, 0.717) is 5.69 Å². The van der Waals surface area contributed by atoms with Gasteiger partial charge in [-0.2, -0.15) is 0 Å². The van der Waals surface area contributed by atoms with Crippen molar-refractivity contribution in [2.75, 3.05) is 5.43 Å². The van der Waals surface area contributed by atoms with E-state index in [1.165, 1.54) is 0 Å². The minimum Gasteiger partial charge on any atom is -0.363 e. The molecule has 6 nitrogen and oxygen atoms in total. The van der Waals surface area contributed by atoms with E-state index >= 15 is 0 Å². The van der Waals surface area contributed by atoms with Gasteiger partial charge >= 0.3 is 0 Å². The lowest BCUT2D eigenvalue weighted by Crippen LogP contribution is -2.22. The van der Waals surface area contributed by atoms with Crippen LogP contribution in [0.25, 0.3) is 0 Å². The van der Waals surface area contributed by atoms with Gasteiger partial charge in [0.05, 0.1) is 11.4 Å². The van der Waals surface area contributed by atoms with Crippen LogP contribution in [0.2, 0.25) is 0 Å². The Kier molecular flexibility index (Phi) is 4.98. The predicted molar refractivity (Wildman–Crippen MR) is 87.1 cm³/mol. The largest absolute Gasteiger partial charge is 0.363 e. The third kappa shape index (κ3) is 4.52. The van der Waals surface area contributed by atoms with Crippen LogP contribution in [0.4, 0.5) is 11.4 Å². The van der Waals surface area contributed by atoms with Crippen molar-refractivity contribution in [3.8, 4) is 0 Å². The van der Waals surface area contributed by atoms with Gasteiger partial charge in [0, 0.05) is 0 Å². The molecule has 0 aliphatic heterocycles. The molecule has 0 aromatic heterocycles. The smallest absolute Gasteiger partial charge is 0.290 e. The summed E-state index contributed by atoms with van der Waals surface area (Å²) < 4.78 is 0. The molecule has 0 aliphatic carbocycles. The maximum absolute atomic E-state index is 11.3. The standard InChI is InChI=1S/C16H17N5O/c1-11-3-7-13(8-4-11)18-20-16(15(17)22)21-19-14-9-5-12(2)6-10-14/h3-10,18H,1-2H3,(H2,17,22)/b20-16+,21-19?. The Morgan fingerprint density at radius 2 is 1.50 bits per heavy atom. The van der Waals surface area contributed by atoms with Gasteiger partial charge in [0.2, 0.25) is 0 Å². The lowest BCUT2D eigenvalue weighted by molar-refractivity contribution is -0.112. The quantitative estimate of drug-likeness (QED) is 0.393. The molecular formula is C16H17N5O. The van der Waals surface area contributed by atoms with E-state index in [4.69, 9.17) is 5.73 Å². The average Bonchev–Trinajstić information content (AvgIpc) is 2.50. The zero-order valence-electron chi connectivity index (χ0n) is 12.4. The summed E-state index contributed by atoms with van der Waals surface area (Å²) in [5, 5.41) is 11.6.